The Morgan fingerprint density at radius 3 is 2.95 bits per heavy atom. The lowest BCUT2D eigenvalue weighted by Gasteiger charge is -2.03. The van der Waals surface area contributed by atoms with Gasteiger partial charge in [-0.15, -0.1) is 0 Å². The molecule has 0 saturated carbocycles. The highest BCUT2D eigenvalue weighted by atomic mass is 16.4. The van der Waals surface area contributed by atoms with E-state index in [-0.39, 0.29) is 11.6 Å². The summed E-state index contributed by atoms with van der Waals surface area (Å²) in [5, 5.41) is 12.4. The highest BCUT2D eigenvalue weighted by Crippen LogP contribution is 2.32. The molecule has 2 heterocycles. The van der Waals surface area contributed by atoms with Crippen LogP contribution >= 0.6 is 0 Å². The number of rotatable bonds is 3. The van der Waals surface area contributed by atoms with Crippen molar-refractivity contribution in [1.82, 2.24) is 9.97 Å². The van der Waals surface area contributed by atoms with Gasteiger partial charge in [-0.3, -0.25) is 4.79 Å². The van der Waals surface area contributed by atoms with Gasteiger partial charge in [-0.05, 0) is 24.3 Å². The standard InChI is InChI=1S/C13H9N3O3/c17-7-15-8-3-4-9(10(18)6-8)13-16-12-11(19-13)2-1-5-14-12/h1-7,18H,(H,15,17). The largest absolute Gasteiger partial charge is 0.507 e. The lowest BCUT2D eigenvalue weighted by Crippen LogP contribution is -1.93. The predicted octanol–water partition coefficient (Wildman–Crippen LogP) is 2.16. The Kier molecular flexibility index (Phi) is 2.60. The smallest absolute Gasteiger partial charge is 0.232 e. The minimum atomic E-state index is -0.0293. The van der Waals surface area contributed by atoms with Gasteiger partial charge in [0, 0.05) is 18.0 Å². The Morgan fingerprint density at radius 1 is 1.32 bits per heavy atom. The van der Waals surface area contributed by atoms with E-state index < -0.39 is 0 Å². The first kappa shape index (κ1) is 11.2. The van der Waals surface area contributed by atoms with E-state index >= 15 is 0 Å². The van der Waals surface area contributed by atoms with Gasteiger partial charge in [-0.2, -0.15) is 4.98 Å². The van der Waals surface area contributed by atoms with E-state index in [0.717, 1.165) is 0 Å². The van der Waals surface area contributed by atoms with Crippen LogP contribution in [-0.2, 0) is 4.79 Å². The first-order valence-electron chi connectivity index (χ1n) is 5.53. The minimum Gasteiger partial charge on any atom is -0.507 e. The van der Waals surface area contributed by atoms with Gasteiger partial charge in [-0.1, -0.05) is 0 Å². The average Bonchev–Trinajstić information content (AvgIpc) is 2.82. The molecule has 0 atom stereocenters. The number of carbonyl (C=O) groups is 1. The Balaban J connectivity index is 2.08. The lowest BCUT2D eigenvalue weighted by molar-refractivity contribution is -0.105. The molecule has 1 aromatic carbocycles. The van der Waals surface area contributed by atoms with Crippen LogP contribution in [-0.4, -0.2) is 21.5 Å². The number of nitrogens with zero attached hydrogens (tertiary/aromatic N) is 2. The molecule has 0 fully saturated rings. The van der Waals surface area contributed by atoms with E-state index in [0.29, 0.717) is 28.9 Å². The van der Waals surface area contributed by atoms with E-state index in [4.69, 9.17) is 4.42 Å². The number of aromatic nitrogens is 2. The van der Waals surface area contributed by atoms with Crippen LogP contribution in [0.25, 0.3) is 22.7 Å². The molecule has 2 N–H and O–H groups in total. The van der Waals surface area contributed by atoms with Gasteiger partial charge in [0.1, 0.15) is 5.75 Å². The van der Waals surface area contributed by atoms with Crippen LogP contribution < -0.4 is 5.32 Å². The summed E-state index contributed by atoms with van der Waals surface area (Å²) < 4.78 is 5.51. The predicted molar refractivity (Wildman–Crippen MR) is 68.6 cm³/mol. The van der Waals surface area contributed by atoms with Gasteiger partial charge in [0.2, 0.25) is 12.3 Å². The quantitative estimate of drug-likeness (QED) is 0.700. The van der Waals surface area contributed by atoms with Crippen LogP contribution in [0.4, 0.5) is 5.69 Å². The van der Waals surface area contributed by atoms with Crippen molar-refractivity contribution in [1.29, 1.82) is 0 Å². The highest BCUT2D eigenvalue weighted by Gasteiger charge is 2.12. The molecule has 1 amide bonds. The van der Waals surface area contributed by atoms with Crippen LogP contribution in [0.3, 0.4) is 0 Å². The fourth-order valence-corrected chi connectivity index (χ4v) is 1.75. The van der Waals surface area contributed by atoms with E-state index in [1.54, 1.807) is 30.5 Å². The Morgan fingerprint density at radius 2 is 2.21 bits per heavy atom. The van der Waals surface area contributed by atoms with E-state index in [1.165, 1.54) is 6.07 Å². The Bertz CT molecular complexity index is 719. The summed E-state index contributed by atoms with van der Waals surface area (Å²) in [7, 11) is 0. The van der Waals surface area contributed by atoms with Crippen molar-refractivity contribution < 1.29 is 14.3 Å². The van der Waals surface area contributed by atoms with E-state index in [2.05, 4.69) is 15.3 Å². The number of fused-ring (bicyclic) bond motifs is 1. The lowest BCUT2D eigenvalue weighted by atomic mass is 10.2. The van der Waals surface area contributed by atoms with Gasteiger partial charge in [-0.25, -0.2) is 4.98 Å². The van der Waals surface area contributed by atoms with Gasteiger partial charge >= 0.3 is 0 Å². The summed E-state index contributed by atoms with van der Waals surface area (Å²) in [5.74, 6) is 0.252. The van der Waals surface area contributed by atoms with Gasteiger partial charge in [0.15, 0.2) is 11.2 Å². The van der Waals surface area contributed by atoms with Crippen LogP contribution in [0.5, 0.6) is 5.75 Å². The molecule has 3 rings (SSSR count). The van der Waals surface area contributed by atoms with E-state index in [9.17, 15) is 9.90 Å². The summed E-state index contributed by atoms with van der Waals surface area (Å²) >= 11 is 0. The second-order valence-electron chi connectivity index (χ2n) is 3.84. The monoisotopic (exact) mass is 255 g/mol. The van der Waals surface area contributed by atoms with Crippen LogP contribution in [0.2, 0.25) is 0 Å². The van der Waals surface area contributed by atoms with Crippen molar-refractivity contribution in [3.05, 3.63) is 36.5 Å². The van der Waals surface area contributed by atoms with Gasteiger partial charge < -0.3 is 14.8 Å². The summed E-state index contributed by atoms with van der Waals surface area (Å²) in [6.07, 6.45) is 2.16. The molecule has 0 radical (unpaired) electrons. The van der Waals surface area contributed by atoms with Crippen molar-refractivity contribution in [2.24, 2.45) is 0 Å². The molecular formula is C13H9N3O3. The zero-order chi connectivity index (χ0) is 13.2. The number of phenolic OH excluding ortho intramolecular Hbond substituents is 1. The molecule has 0 bridgehead atoms. The fourth-order valence-electron chi connectivity index (χ4n) is 1.75. The maximum Gasteiger partial charge on any atom is 0.232 e. The number of carbonyl (C=O) groups excluding carboxylic acids is 1. The highest BCUT2D eigenvalue weighted by molar-refractivity contribution is 5.78. The number of hydrogen-bond acceptors (Lipinski definition) is 5. The third-order valence-corrected chi connectivity index (χ3v) is 2.62. The molecule has 6 heteroatoms. The van der Waals surface area contributed by atoms with Crippen molar-refractivity contribution in [3.63, 3.8) is 0 Å². The fraction of sp³-hybridized carbons (Fsp3) is 0. The number of nitrogens with one attached hydrogen (secondary N) is 1. The molecule has 19 heavy (non-hydrogen) atoms. The minimum absolute atomic E-state index is 0.0293. The average molecular weight is 255 g/mol. The van der Waals surface area contributed by atoms with Gasteiger partial charge in [0.25, 0.3) is 0 Å². The van der Waals surface area contributed by atoms with Crippen molar-refractivity contribution in [2.45, 2.75) is 0 Å². The molecule has 6 nitrogen and oxygen atoms in total. The molecule has 0 spiro atoms. The number of oxazole rings is 1. The number of hydrogen-bond donors (Lipinski definition) is 2. The Hall–Kier alpha value is -2.89. The number of aromatic hydroxyl groups is 1. The molecule has 2 aromatic heterocycles. The maximum absolute atomic E-state index is 10.3. The second kappa shape index (κ2) is 4.41. The van der Waals surface area contributed by atoms with Crippen LogP contribution in [0, 0.1) is 0 Å². The maximum atomic E-state index is 10.3. The number of benzene rings is 1. The molecular weight excluding hydrogens is 246 g/mol. The van der Waals surface area contributed by atoms with Crippen molar-refractivity contribution in [3.8, 4) is 17.2 Å². The molecule has 94 valence electrons. The van der Waals surface area contributed by atoms with Crippen LogP contribution in [0.1, 0.15) is 0 Å². The summed E-state index contributed by atoms with van der Waals surface area (Å²) in [4.78, 5) is 18.6. The summed E-state index contributed by atoms with van der Waals surface area (Å²) in [5.41, 5.74) is 1.96. The number of anilines is 1. The first-order chi connectivity index (χ1) is 9.28. The zero-order valence-corrected chi connectivity index (χ0v) is 9.70. The molecule has 3 aromatic rings. The third kappa shape index (κ3) is 1.99. The van der Waals surface area contributed by atoms with Crippen molar-refractivity contribution >= 4 is 23.3 Å². The molecule has 0 saturated heterocycles. The molecule has 0 unspecified atom stereocenters. The molecule has 0 aliphatic carbocycles. The normalized spacial score (nSPS) is 10.5. The summed E-state index contributed by atoms with van der Waals surface area (Å²) in [6.45, 7) is 0. The number of pyridine rings is 1. The molecule has 0 aliphatic rings. The first-order valence-corrected chi connectivity index (χ1v) is 5.53. The van der Waals surface area contributed by atoms with E-state index in [1.807, 2.05) is 0 Å². The SMILES string of the molecule is O=CNc1ccc(-c2nc3ncccc3o2)c(O)c1. The molecule has 0 aliphatic heterocycles. The zero-order valence-electron chi connectivity index (χ0n) is 9.70. The number of phenols is 1. The van der Waals surface area contributed by atoms with Crippen LogP contribution in [0.15, 0.2) is 40.9 Å². The Labute approximate surface area is 107 Å². The van der Waals surface area contributed by atoms with Gasteiger partial charge in [0.05, 0.1) is 5.56 Å². The number of amides is 1. The summed E-state index contributed by atoms with van der Waals surface area (Å²) in [6, 6.07) is 8.18. The third-order valence-electron chi connectivity index (χ3n) is 2.62. The second-order valence-corrected chi connectivity index (χ2v) is 3.84. The van der Waals surface area contributed by atoms with Crippen molar-refractivity contribution in [2.75, 3.05) is 5.32 Å². The topological polar surface area (TPSA) is 88.3 Å².